The molecule has 4 aliphatic heterocycles. The summed E-state index contributed by atoms with van der Waals surface area (Å²) in [6, 6.07) is 5.45. The lowest BCUT2D eigenvalue weighted by Gasteiger charge is -2.49. The van der Waals surface area contributed by atoms with E-state index in [1.807, 2.05) is 94.4 Å². The van der Waals surface area contributed by atoms with Crippen molar-refractivity contribution < 1.29 is 72.0 Å². The minimum absolute atomic E-state index is 0.0665. The molecule has 2 aromatic rings. The molecule has 450 valence electrons. The number of thioether (sulfide) groups is 1. The van der Waals surface area contributed by atoms with Crippen LogP contribution in [0.15, 0.2) is 30.6 Å². The molecule has 5 fully saturated rings. The van der Waals surface area contributed by atoms with Crippen molar-refractivity contribution in [1.29, 1.82) is 0 Å². The quantitative estimate of drug-likeness (QED) is 0.0861. The van der Waals surface area contributed by atoms with E-state index in [1.54, 1.807) is 54.3 Å². The summed E-state index contributed by atoms with van der Waals surface area (Å²) in [7, 11) is 8.45. The Bertz CT molecular complexity index is 2430. The number of methoxy groups -OCH3 is 3. The van der Waals surface area contributed by atoms with Gasteiger partial charge in [0.2, 0.25) is 0 Å². The van der Waals surface area contributed by atoms with Crippen molar-refractivity contribution in [2.45, 2.75) is 201 Å². The number of halogens is 3. The third kappa shape index (κ3) is 14.2. The first-order chi connectivity index (χ1) is 37.7. The standard InChI is InChI=1S/C58H86Cl2IN3O15S/c1-30-25-57(8,72-14)51(77-54-47(66)41(63(10)11)23-31(2)73-54)33(4)48(76-44-26-56(7,71-13)50(67)35(6)74-44)34(5)52(68)78-55(61)58(9)45(32(3)46(30)65)49(53(69)79-58)80-22-21-64(29-38-39(59)27-62-28-40(38)60)36-19-20-42(70-12)43(24-36)75-37-17-15-16-18-37/h19-20,24,27-28,30-35,37,41,44-45,47-51,54-55,66-67H,15-18,21-23,25-26,29H2,1-14H3/t30-,31-,32-,33?,34-,35+,41+,44+,45+,47-,48+,49+,50+,51-,54+,55+,56-,57-,58+/m1/s1. The maximum Gasteiger partial charge on any atom is 0.320 e. The van der Waals surface area contributed by atoms with Crippen molar-refractivity contribution >= 4 is 81.0 Å². The van der Waals surface area contributed by atoms with Crippen LogP contribution < -0.4 is 14.4 Å². The van der Waals surface area contributed by atoms with E-state index in [1.165, 1.54) is 18.9 Å². The zero-order valence-corrected chi connectivity index (χ0v) is 53.3. The summed E-state index contributed by atoms with van der Waals surface area (Å²) < 4.78 is 63.1. The summed E-state index contributed by atoms with van der Waals surface area (Å²) in [5.41, 5.74) is -2.40. The number of Topliss-reactive ketones (excluding diaryl/α,β-unsaturated/α-hetero) is 1. The summed E-state index contributed by atoms with van der Waals surface area (Å²) >= 11 is 16.9. The van der Waals surface area contributed by atoms with Gasteiger partial charge in [-0.05, 0) is 129 Å². The van der Waals surface area contributed by atoms with E-state index in [0.717, 1.165) is 31.4 Å². The Morgan fingerprint density at radius 3 is 2.15 bits per heavy atom. The van der Waals surface area contributed by atoms with Crippen molar-refractivity contribution in [3.63, 3.8) is 0 Å². The van der Waals surface area contributed by atoms with Gasteiger partial charge in [0.25, 0.3) is 0 Å². The molecule has 0 radical (unpaired) electrons. The summed E-state index contributed by atoms with van der Waals surface area (Å²) in [6.07, 6.45) is 0.727. The molecular formula is C58H86Cl2IN3O15S. The highest BCUT2D eigenvalue weighted by molar-refractivity contribution is 14.1. The van der Waals surface area contributed by atoms with Crippen LogP contribution in [0.1, 0.15) is 113 Å². The number of nitrogens with zero attached hydrogens (tertiary/aromatic N) is 3. The van der Waals surface area contributed by atoms with Crippen molar-refractivity contribution in [3.05, 3.63) is 46.2 Å². The van der Waals surface area contributed by atoms with Crippen molar-refractivity contribution in [2.24, 2.45) is 29.6 Å². The van der Waals surface area contributed by atoms with Crippen LogP contribution in [0.25, 0.3) is 0 Å². The number of carbonyl (C=O) groups is 3. The Balaban J connectivity index is 1.25. The highest BCUT2D eigenvalue weighted by Crippen LogP contribution is 2.50. The third-order valence-electron chi connectivity index (χ3n) is 17.7. The first-order valence-electron chi connectivity index (χ1n) is 28.1. The lowest BCUT2D eigenvalue weighted by Crippen LogP contribution is -2.61. The van der Waals surface area contributed by atoms with Gasteiger partial charge >= 0.3 is 11.9 Å². The van der Waals surface area contributed by atoms with E-state index in [4.69, 9.17) is 70.6 Å². The highest BCUT2D eigenvalue weighted by atomic mass is 127. The predicted octanol–water partition coefficient (Wildman–Crippen LogP) is 9.08. The number of cyclic esters (lactones) is 1. The number of carbonyl (C=O) groups excluding carboxylic acids is 3. The smallest absolute Gasteiger partial charge is 0.320 e. The molecule has 4 saturated heterocycles. The number of ketones is 1. The molecule has 5 aliphatic rings. The van der Waals surface area contributed by atoms with E-state index in [-0.39, 0.29) is 43.4 Å². The number of aliphatic hydroxyl groups is 2. The Kier molecular flexibility index (Phi) is 22.3. The molecule has 1 aromatic carbocycles. The Labute approximate surface area is 501 Å². The second kappa shape index (κ2) is 27.4. The van der Waals surface area contributed by atoms with Gasteiger partial charge in [0.15, 0.2) is 33.8 Å². The molecule has 1 unspecified atom stereocenters. The summed E-state index contributed by atoms with van der Waals surface area (Å²) in [5, 5.41) is 23.0. The van der Waals surface area contributed by atoms with Gasteiger partial charge in [-0.25, -0.2) is 0 Å². The number of anilines is 1. The number of aliphatic hydroxyl groups excluding tert-OH is 2. The minimum Gasteiger partial charge on any atom is -0.493 e. The van der Waals surface area contributed by atoms with Crippen molar-refractivity contribution in [3.8, 4) is 11.5 Å². The van der Waals surface area contributed by atoms with Crippen LogP contribution in [0, 0.1) is 29.6 Å². The van der Waals surface area contributed by atoms with Crippen molar-refractivity contribution in [1.82, 2.24) is 9.88 Å². The average Bonchev–Trinajstić information content (AvgIpc) is 4.07. The minimum atomic E-state index is -1.49. The molecule has 5 heterocycles. The van der Waals surface area contributed by atoms with Crippen LogP contribution in [-0.2, 0) is 58.8 Å². The van der Waals surface area contributed by atoms with Gasteiger partial charge in [-0.15, -0.1) is 11.8 Å². The van der Waals surface area contributed by atoms with Crippen LogP contribution in [0.4, 0.5) is 5.69 Å². The van der Waals surface area contributed by atoms with Crippen LogP contribution >= 0.6 is 57.6 Å². The van der Waals surface area contributed by atoms with E-state index in [0.29, 0.717) is 45.8 Å². The Morgan fingerprint density at radius 1 is 0.863 bits per heavy atom. The van der Waals surface area contributed by atoms with Gasteiger partial charge in [0.05, 0.1) is 64.8 Å². The molecule has 1 aliphatic carbocycles. The fourth-order valence-corrected chi connectivity index (χ4v) is 15.6. The van der Waals surface area contributed by atoms with Crippen LogP contribution in [0.2, 0.25) is 10.0 Å². The molecular weight excluding hydrogens is 1210 g/mol. The normalized spacial score (nSPS) is 38.6. The number of hydrogen-bond donors (Lipinski definition) is 2. The number of aromatic nitrogens is 1. The van der Waals surface area contributed by atoms with Gasteiger partial charge in [-0.3, -0.25) is 19.4 Å². The summed E-state index contributed by atoms with van der Waals surface area (Å²) in [5.74, 6) is -3.91. The number of pyridine rings is 1. The van der Waals surface area contributed by atoms with E-state index >= 15 is 9.59 Å². The predicted molar refractivity (Wildman–Crippen MR) is 314 cm³/mol. The molecule has 0 bridgehead atoms. The average molecular weight is 1300 g/mol. The largest absolute Gasteiger partial charge is 0.493 e. The lowest BCUT2D eigenvalue weighted by molar-refractivity contribution is -0.319. The van der Waals surface area contributed by atoms with Crippen LogP contribution in [0.3, 0.4) is 0 Å². The third-order valence-corrected chi connectivity index (χ3v) is 21.1. The van der Waals surface area contributed by atoms with E-state index in [9.17, 15) is 15.0 Å². The van der Waals surface area contributed by atoms with Gasteiger partial charge in [-0.1, -0.05) is 44.0 Å². The zero-order chi connectivity index (χ0) is 58.8. The summed E-state index contributed by atoms with van der Waals surface area (Å²) in [4.78, 5) is 53.3. The van der Waals surface area contributed by atoms with Gasteiger partial charge in [0, 0.05) is 98.9 Å². The van der Waals surface area contributed by atoms with Gasteiger partial charge in [-0.2, -0.15) is 0 Å². The van der Waals surface area contributed by atoms with Gasteiger partial charge < -0.3 is 67.4 Å². The number of rotatable bonds is 17. The molecule has 19 atom stereocenters. The highest BCUT2D eigenvalue weighted by Gasteiger charge is 2.62. The Morgan fingerprint density at radius 2 is 1.52 bits per heavy atom. The fraction of sp³-hybridized carbons (Fsp3) is 0.759. The number of likely N-dealkylation sites (N-methyl/N-ethyl adjacent to an activating group) is 1. The molecule has 1 saturated carbocycles. The molecule has 2 N–H and O–H groups in total. The molecule has 7 rings (SSSR count). The number of benzene rings is 1. The topological polar surface area (TPSA) is 203 Å². The maximum atomic E-state index is 15.4. The first-order valence-corrected chi connectivity index (χ1v) is 31.1. The number of hydrogen-bond acceptors (Lipinski definition) is 19. The number of fused-ring (bicyclic) bond motifs is 1. The number of alkyl halides is 1. The Hall–Kier alpha value is -2.32. The summed E-state index contributed by atoms with van der Waals surface area (Å²) in [6.45, 7) is 16.9. The van der Waals surface area contributed by atoms with E-state index < -0.39 is 111 Å². The molecule has 0 amide bonds. The second-order valence-corrected chi connectivity index (χ2v) is 26.9. The van der Waals surface area contributed by atoms with Crippen molar-refractivity contribution in [2.75, 3.05) is 52.6 Å². The molecule has 22 heteroatoms. The van der Waals surface area contributed by atoms with Crippen LogP contribution in [-0.4, -0.2) is 173 Å². The molecule has 1 aromatic heterocycles. The van der Waals surface area contributed by atoms with E-state index in [2.05, 4.69) is 9.88 Å². The zero-order valence-electron chi connectivity index (χ0n) is 48.9. The molecule has 80 heavy (non-hydrogen) atoms. The first kappa shape index (κ1) is 65.2. The SMILES string of the molecule is COc1ccc(N(CCS[C@@H]2C(=O)O[C@@]3(C)[C@H]2[C@@H](C)C(=O)[C@H](C)C[C@@](C)(OC)[C@H](O[C@@H]2O[C@H](C)C[C@H](N(C)C)[C@H]2O)C(C)[C@H](O[C@H]2C[C@@](C)(OC)[C@@H](O)[C@H](C)O2)[C@@H](C)C(=O)O[C@@H]3I)Cc2c(Cl)cncc2Cl)cc1OC1CCCC1. The maximum absolute atomic E-state index is 15.4. The lowest BCUT2D eigenvalue weighted by atomic mass is 9.72. The monoisotopic (exact) mass is 1290 g/mol. The molecule has 18 nitrogen and oxygen atoms in total. The molecule has 0 spiro atoms. The number of esters is 2. The second-order valence-electron chi connectivity index (χ2n) is 23.7. The fourth-order valence-electron chi connectivity index (χ4n) is 12.8. The van der Waals surface area contributed by atoms with Gasteiger partial charge in [0.1, 0.15) is 23.2 Å². The van der Waals surface area contributed by atoms with Crippen LogP contribution in [0.5, 0.6) is 11.5 Å². The number of ether oxygens (including phenoxy) is 10.